The highest BCUT2D eigenvalue weighted by atomic mass is 19.1. The van der Waals surface area contributed by atoms with Gasteiger partial charge in [-0.25, -0.2) is 9.18 Å². The highest BCUT2D eigenvalue weighted by molar-refractivity contribution is 6.05. The first-order valence-electron chi connectivity index (χ1n) is 11.7. The number of aromatic hydroxyl groups is 1. The van der Waals surface area contributed by atoms with Crippen LogP contribution in [0, 0.1) is 5.82 Å². The van der Waals surface area contributed by atoms with Crippen molar-refractivity contribution in [1.29, 1.82) is 0 Å². The minimum atomic E-state index is -0.473. The van der Waals surface area contributed by atoms with E-state index in [4.69, 9.17) is 5.73 Å². The molecule has 2 saturated heterocycles. The lowest BCUT2D eigenvalue weighted by atomic mass is 10.1. The Morgan fingerprint density at radius 2 is 1.72 bits per heavy atom. The summed E-state index contributed by atoms with van der Waals surface area (Å²) in [5, 5.41) is 20.5. The molecule has 186 valence electrons. The quantitative estimate of drug-likeness (QED) is 0.496. The van der Waals surface area contributed by atoms with E-state index in [1.807, 2.05) is 24.3 Å². The molecule has 1 aromatic heterocycles. The highest BCUT2D eigenvalue weighted by Crippen LogP contribution is 2.32. The Balaban J connectivity index is 1.21. The van der Waals surface area contributed by atoms with E-state index in [1.54, 1.807) is 11.0 Å². The average Bonchev–Trinajstić information content (AvgIpc) is 2.87. The number of halogens is 1. The van der Waals surface area contributed by atoms with Gasteiger partial charge in [-0.2, -0.15) is 0 Å². The minimum absolute atomic E-state index is 0.0772. The van der Waals surface area contributed by atoms with Crippen molar-refractivity contribution in [1.82, 2.24) is 20.4 Å². The standard InChI is InChI=1S/C25H26FN7O3/c26-17-3-6-22(34)19(13-17)20-14-21(24(27)30-29-20)32-11-9-31(10-12-32)15-16-1-4-18(5-2-16)33-8-7-23(35)28-25(33)36/h1-6,13-14,34H,7-12,15H2,(H2,27,30)(H,28,35,36). The van der Waals surface area contributed by atoms with Crippen LogP contribution in [0.3, 0.4) is 0 Å². The molecule has 3 amide bonds. The summed E-state index contributed by atoms with van der Waals surface area (Å²) < 4.78 is 13.7. The molecule has 0 bridgehead atoms. The van der Waals surface area contributed by atoms with Gasteiger partial charge in [-0.1, -0.05) is 12.1 Å². The first-order chi connectivity index (χ1) is 17.4. The van der Waals surface area contributed by atoms with Crippen molar-refractivity contribution in [3.8, 4) is 17.0 Å². The molecule has 0 atom stereocenters. The van der Waals surface area contributed by atoms with E-state index in [0.29, 0.717) is 37.4 Å². The predicted octanol–water partition coefficient (Wildman–Crippen LogP) is 2.34. The minimum Gasteiger partial charge on any atom is -0.507 e. The van der Waals surface area contributed by atoms with Crippen LogP contribution in [0.4, 0.5) is 26.4 Å². The number of nitrogen functional groups attached to an aromatic ring is 1. The maximum absolute atomic E-state index is 13.7. The van der Waals surface area contributed by atoms with E-state index >= 15 is 0 Å². The normalized spacial score (nSPS) is 16.8. The zero-order valence-electron chi connectivity index (χ0n) is 19.5. The third kappa shape index (κ3) is 4.91. The van der Waals surface area contributed by atoms with Crippen LogP contribution in [0.1, 0.15) is 12.0 Å². The van der Waals surface area contributed by atoms with E-state index < -0.39 is 11.8 Å². The number of phenols is 1. The van der Waals surface area contributed by atoms with E-state index in [-0.39, 0.29) is 23.0 Å². The number of imide groups is 1. The van der Waals surface area contributed by atoms with Gasteiger partial charge in [-0.15, -0.1) is 10.2 Å². The van der Waals surface area contributed by atoms with Gasteiger partial charge in [0.05, 0.1) is 11.4 Å². The number of carbonyl (C=O) groups is 2. The summed E-state index contributed by atoms with van der Waals surface area (Å²) in [5.74, 6) is -0.521. The molecule has 5 rings (SSSR count). The highest BCUT2D eigenvalue weighted by Gasteiger charge is 2.25. The lowest BCUT2D eigenvalue weighted by molar-refractivity contribution is -0.120. The van der Waals surface area contributed by atoms with Crippen LogP contribution in [-0.2, 0) is 11.3 Å². The van der Waals surface area contributed by atoms with Gasteiger partial charge >= 0.3 is 6.03 Å². The Morgan fingerprint density at radius 3 is 2.44 bits per heavy atom. The molecule has 0 saturated carbocycles. The number of nitrogens with one attached hydrogen (secondary N) is 1. The Bertz CT molecular complexity index is 1290. The molecule has 36 heavy (non-hydrogen) atoms. The molecule has 0 unspecified atom stereocenters. The van der Waals surface area contributed by atoms with Crippen LogP contribution < -0.4 is 20.9 Å². The van der Waals surface area contributed by atoms with E-state index in [0.717, 1.165) is 30.9 Å². The number of hydrogen-bond donors (Lipinski definition) is 3. The molecule has 10 nitrogen and oxygen atoms in total. The van der Waals surface area contributed by atoms with Crippen molar-refractivity contribution < 1.29 is 19.1 Å². The second kappa shape index (κ2) is 9.78. The molecule has 4 N–H and O–H groups in total. The largest absolute Gasteiger partial charge is 0.507 e. The maximum atomic E-state index is 13.7. The van der Waals surface area contributed by atoms with Crippen LogP contribution in [0.25, 0.3) is 11.3 Å². The number of nitrogens with zero attached hydrogens (tertiary/aromatic N) is 5. The Morgan fingerprint density at radius 1 is 0.972 bits per heavy atom. The molecule has 0 aliphatic carbocycles. The molecule has 3 heterocycles. The number of hydrogen-bond acceptors (Lipinski definition) is 8. The first kappa shape index (κ1) is 23.5. The number of anilines is 3. The zero-order chi connectivity index (χ0) is 25.2. The van der Waals surface area contributed by atoms with Crippen molar-refractivity contribution in [2.75, 3.05) is 48.3 Å². The smallest absolute Gasteiger partial charge is 0.328 e. The van der Waals surface area contributed by atoms with Crippen molar-refractivity contribution in [2.45, 2.75) is 13.0 Å². The molecule has 2 fully saturated rings. The van der Waals surface area contributed by atoms with E-state index in [1.165, 1.54) is 18.2 Å². The second-order valence-corrected chi connectivity index (χ2v) is 8.85. The number of nitrogens with two attached hydrogens (primary N) is 1. The Labute approximate surface area is 207 Å². The number of aromatic nitrogens is 2. The first-order valence-corrected chi connectivity index (χ1v) is 11.7. The van der Waals surface area contributed by atoms with E-state index in [2.05, 4.69) is 25.3 Å². The fourth-order valence-electron chi connectivity index (χ4n) is 4.49. The topological polar surface area (TPSA) is 128 Å². The SMILES string of the molecule is Nc1nnc(-c2cc(F)ccc2O)cc1N1CCN(Cc2ccc(N3CCC(=O)NC3=O)cc2)CC1. The van der Waals surface area contributed by atoms with Crippen molar-refractivity contribution >= 4 is 29.1 Å². The summed E-state index contributed by atoms with van der Waals surface area (Å²) in [7, 11) is 0. The molecule has 0 spiro atoms. The molecule has 0 radical (unpaired) electrons. The van der Waals surface area contributed by atoms with Crippen LogP contribution in [-0.4, -0.2) is 64.9 Å². The third-order valence-corrected chi connectivity index (χ3v) is 6.46. The van der Waals surface area contributed by atoms with Crippen LogP contribution in [0.5, 0.6) is 5.75 Å². The van der Waals surface area contributed by atoms with Gasteiger partial charge in [-0.05, 0) is 42.0 Å². The summed E-state index contributed by atoms with van der Waals surface area (Å²) in [5.41, 5.74) is 9.30. The average molecular weight is 492 g/mol. The monoisotopic (exact) mass is 491 g/mol. The predicted molar refractivity (Wildman–Crippen MR) is 133 cm³/mol. The van der Waals surface area contributed by atoms with Crippen LogP contribution in [0.2, 0.25) is 0 Å². The zero-order valence-corrected chi connectivity index (χ0v) is 19.5. The summed E-state index contributed by atoms with van der Waals surface area (Å²) in [4.78, 5) is 29.4. The van der Waals surface area contributed by atoms with E-state index in [9.17, 15) is 19.1 Å². The number of amides is 3. The number of piperazine rings is 1. The van der Waals surface area contributed by atoms with Gasteiger partial charge in [0.2, 0.25) is 5.91 Å². The van der Waals surface area contributed by atoms with Gasteiger partial charge < -0.3 is 15.7 Å². The Kier molecular flexibility index (Phi) is 6.38. The van der Waals surface area contributed by atoms with Crippen molar-refractivity contribution in [2.24, 2.45) is 0 Å². The van der Waals surface area contributed by atoms with Crippen molar-refractivity contribution in [3.05, 3.63) is 59.9 Å². The molecule has 11 heteroatoms. The summed E-state index contributed by atoms with van der Waals surface area (Å²) in [6.07, 6.45) is 0.292. The van der Waals surface area contributed by atoms with Gasteiger partial charge in [0.25, 0.3) is 0 Å². The second-order valence-electron chi connectivity index (χ2n) is 8.85. The molecule has 2 aliphatic rings. The number of urea groups is 1. The Hall–Kier alpha value is -4.25. The van der Waals surface area contributed by atoms with Gasteiger partial charge in [0, 0.05) is 56.9 Å². The summed E-state index contributed by atoms with van der Waals surface area (Å²) in [6.45, 7) is 4.14. The number of benzene rings is 2. The third-order valence-electron chi connectivity index (χ3n) is 6.46. The van der Waals surface area contributed by atoms with Gasteiger partial charge in [0.1, 0.15) is 11.6 Å². The fraction of sp³-hybridized carbons (Fsp3) is 0.280. The number of phenolic OH excluding ortho intramolecular Hbond substituents is 1. The molecule has 2 aliphatic heterocycles. The summed E-state index contributed by atoms with van der Waals surface area (Å²) >= 11 is 0. The van der Waals surface area contributed by atoms with Crippen LogP contribution >= 0.6 is 0 Å². The lowest BCUT2D eigenvalue weighted by Gasteiger charge is -2.36. The molecular weight excluding hydrogens is 465 g/mol. The number of carbonyl (C=O) groups excluding carboxylic acids is 2. The molecule has 3 aromatic rings. The fourth-order valence-corrected chi connectivity index (χ4v) is 4.49. The van der Waals surface area contributed by atoms with Crippen LogP contribution in [0.15, 0.2) is 48.5 Å². The van der Waals surface area contributed by atoms with Gasteiger partial charge in [0.15, 0.2) is 5.82 Å². The molecular formula is C25H26FN7O3. The maximum Gasteiger partial charge on any atom is 0.328 e. The van der Waals surface area contributed by atoms with Crippen molar-refractivity contribution in [3.63, 3.8) is 0 Å². The lowest BCUT2D eigenvalue weighted by Crippen LogP contribution is -2.49. The summed E-state index contributed by atoms with van der Waals surface area (Å²) in [6, 6.07) is 12.8. The molecule has 2 aromatic carbocycles. The van der Waals surface area contributed by atoms with Gasteiger partial charge in [-0.3, -0.25) is 19.9 Å². The number of rotatable bonds is 5.